The van der Waals surface area contributed by atoms with E-state index in [0.717, 1.165) is 15.9 Å². The summed E-state index contributed by atoms with van der Waals surface area (Å²) in [5, 5.41) is 6.17. The number of rotatable bonds is 4. The zero-order valence-electron chi connectivity index (χ0n) is 14.4. The molecule has 0 unspecified atom stereocenters. The van der Waals surface area contributed by atoms with E-state index < -0.39 is 6.60 Å². The molecule has 0 fully saturated rings. The molecule has 2 nitrogen and oxygen atoms in total. The second kappa shape index (κ2) is 7.39. The van der Waals surface area contributed by atoms with Crippen LogP contribution in [0.15, 0.2) is 91.0 Å². The number of nitrogens with one attached hydrogen (secondary N) is 1. The van der Waals surface area contributed by atoms with Gasteiger partial charge in [0, 0.05) is 0 Å². The first-order valence-corrected chi connectivity index (χ1v) is 10.7. The molecule has 0 bridgehead atoms. The Balaban J connectivity index is 0.00000225. The maximum Gasteiger partial charge on any atom is -0.147 e. The van der Waals surface area contributed by atoms with Crippen LogP contribution in [0.5, 0.6) is 0 Å². The third kappa shape index (κ3) is 2.76. The molecule has 4 heteroatoms. The molecule has 0 saturated carbocycles. The second-order valence-corrected chi connectivity index (χ2v) is 11.2. The summed E-state index contributed by atoms with van der Waals surface area (Å²) in [6.45, 7) is -1.15. The molecule has 0 aliphatic heterocycles. The van der Waals surface area contributed by atoms with E-state index >= 15 is 0 Å². The second-order valence-electron chi connectivity index (χ2n) is 6.13. The van der Waals surface area contributed by atoms with Crippen molar-refractivity contribution in [3.8, 4) is 0 Å². The van der Waals surface area contributed by atoms with Crippen LogP contribution in [-0.2, 0) is 0 Å². The smallest absolute Gasteiger partial charge is 0.147 e. The fourth-order valence-electron chi connectivity index (χ4n) is 3.48. The van der Waals surface area contributed by atoms with Crippen molar-refractivity contribution in [1.82, 2.24) is 5.32 Å². The van der Waals surface area contributed by atoms with Gasteiger partial charge in [-0.15, -0.1) is 12.4 Å². The van der Waals surface area contributed by atoms with E-state index in [9.17, 15) is 4.79 Å². The SMILES string of the molecule is CNC(=O)P(C)(c1ccccc1)(c1ccccc1)c1ccccc1.Cl. The topological polar surface area (TPSA) is 29.1 Å². The standard InChI is InChI=1S/C21H22NOP.ClH/c1-22-21(23)24(2,18-12-6-3-7-13-18,19-14-8-4-9-15-19)20-16-10-5-11-17-20;/h3-17H,1-2H3,(H,22,23);1H. The van der Waals surface area contributed by atoms with Crippen molar-refractivity contribution in [2.75, 3.05) is 13.7 Å². The number of halogens is 1. The third-order valence-corrected chi connectivity index (χ3v) is 10.9. The Morgan fingerprint density at radius 3 is 1.20 bits per heavy atom. The van der Waals surface area contributed by atoms with Crippen molar-refractivity contribution in [2.45, 2.75) is 0 Å². The van der Waals surface area contributed by atoms with E-state index in [4.69, 9.17) is 0 Å². The number of hydrogen-bond acceptors (Lipinski definition) is 1. The zero-order chi connectivity index (χ0) is 17.1. The van der Waals surface area contributed by atoms with Gasteiger partial charge >= 0.3 is 143 Å². The summed E-state index contributed by atoms with van der Waals surface area (Å²) in [5.74, 6) is 0. The molecule has 0 atom stereocenters. The summed E-state index contributed by atoms with van der Waals surface area (Å²) in [6.07, 6.45) is 0. The summed E-state index contributed by atoms with van der Waals surface area (Å²) in [6, 6.07) is 30.5. The van der Waals surface area contributed by atoms with Crippen LogP contribution >= 0.6 is 19.0 Å². The fourth-order valence-corrected chi connectivity index (χ4v) is 8.39. The zero-order valence-corrected chi connectivity index (χ0v) is 16.1. The molecule has 0 heterocycles. The minimum atomic E-state index is -3.29. The van der Waals surface area contributed by atoms with Crippen LogP contribution in [0.1, 0.15) is 0 Å². The fraction of sp³-hybridized carbons (Fsp3) is 0.0952. The van der Waals surface area contributed by atoms with Gasteiger partial charge in [0.2, 0.25) is 0 Å². The molecule has 0 saturated heterocycles. The molecule has 3 aromatic carbocycles. The average Bonchev–Trinajstić information content (AvgIpc) is 2.69. The van der Waals surface area contributed by atoms with Crippen molar-refractivity contribution < 1.29 is 4.79 Å². The van der Waals surface area contributed by atoms with Gasteiger partial charge in [-0.25, -0.2) is 0 Å². The van der Waals surface area contributed by atoms with Crippen molar-refractivity contribution >= 4 is 40.6 Å². The largest absolute Gasteiger partial charge is 0.147 e. The van der Waals surface area contributed by atoms with Gasteiger partial charge in [0.15, 0.2) is 0 Å². The van der Waals surface area contributed by atoms with Crippen molar-refractivity contribution in [1.29, 1.82) is 0 Å². The van der Waals surface area contributed by atoms with Crippen molar-refractivity contribution in [3.05, 3.63) is 91.0 Å². The van der Waals surface area contributed by atoms with Gasteiger partial charge in [-0.2, -0.15) is 0 Å². The van der Waals surface area contributed by atoms with Crippen LogP contribution in [0.4, 0.5) is 4.79 Å². The molecule has 0 spiro atoms. The van der Waals surface area contributed by atoms with Gasteiger partial charge < -0.3 is 0 Å². The van der Waals surface area contributed by atoms with E-state index in [0.29, 0.717) is 0 Å². The monoisotopic (exact) mass is 371 g/mol. The Morgan fingerprint density at radius 1 is 0.680 bits per heavy atom. The quantitative estimate of drug-likeness (QED) is 0.692. The van der Waals surface area contributed by atoms with Crippen LogP contribution in [0.3, 0.4) is 0 Å². The molecule has 25 heavy (non-hydrogen) atoms. The first-order valence-electron chi connectivity index (χ1n) is 8.03. The van der Waals surface area contributed by atoms with Crippen LogP contribution in [-0.4, -0.2) is 19.4 Å². The van der Waals surface area contributed by atoms with Gasteiger partial charge in [0.25, 0.3) is 0 Å². The predicted octanol–water partition coefficient (Wildman–Crippen LogP) is 3.91. The van der Waals surface area contributed by atoms with Gasteiger partial charge in [-0.1, -0.05) is 0 Å². The van der Waals surface area contributed by atoms with Crippen LogP contribution in [0, 0.1) is 0 Å². The number of hydrogen-bond donors (Lipinski definition) is 1. The van der Waals surface area contributed by atoms with E-state index in [1.54, 1.807) is 7.05 Å². The summed E-state index contributed by atoms with van der Waals surface area (Å²) in [7, 11) is 1.72. The molecule has 3 rings (SSSR count). The summed E-state index contributed by atoms with van der Waals surface area (Å²) in [4.78, 5) is 13.5. The Bertz CT molecular complexity index is 738. The average molecular weight is 372 g/mol. The Morgan fingerprint density at radius 2 is 0.960 bits per heavy atom. The third-order valence-electron chi connectivity index (χ3n) is 4.93. The summed E-state index contributed by atoms with van der Waals surface area (Å²) >= 11 is 0. The van der Waals surface area contributed by atoms with Crippen LogP contribution in [0.25, 0.3) is 0 Å². The molecule has 0 aliphatic rings. The number of benzene rings is 3. The molecule has 130 valence electrons. The molecule has 1 N–H and O–H groups in total. The molecule has 3 aromatic rings. The molecular formula is C21H23ClNOP. The summed E-state index contributed by atoms with van der Waals surface area (Å²) in [5.41, 5.74) is 0.0737. The van der Waals surface area contributed by atoms with E-state index in [1.165, 1.54) is 0 Å². The number of amides is 1. The minimum absolute atomic E-state index is 0. The van der Waals surface area contributed by atoms with E-state index in [1.807, 2.05) is 54.6 Å². The van der Waals surface area contributed by atoms with Gasteiger partial charge in [0.05, 0.1) is 0 Å². The molecule has 1 amide bonds. The molecule has 0 aromatic heterocycles. The summed E-state index contributed by atoms with van der Waals surface area (Å²) < 4.78 is 0. The molecular weight excluding hydrogens is 349 g/mol. The van der Waals surface area contributed by atoms with Crippen LogP contribution < -0.4 is 21.2 Å². The van der Waals surface area contributed by atoms with E-state index in [2.05, 4.69) is 48.4 Å². The molecule has 0 aliphatic carbocycles. The maximum atomic E-state index is 13.5. The first kappa shape index (κ1) is 19.2. The normalized spacial score (nSPS) is 12.3. The molecule has 0 radical (unpaired) electrons. The van der Waals surface area contributed by atoms with Gasteiger partial charge in [0.1, 0.15) is 0 Å². The maximum absolute atomic E-state index is 13.5. The Labute approximate surface area is 155 Å². The van der Waals surface area contributed by atoms with Gasteiger partial charge in [-0.3, -0.25) is 0 Å². The first-order chi connectivity index (χ1) is 11.6. The van der Waals surface area contributed by atoms with E-state index in [-0.39, 0.29) is 18.1 Å². The number of carbonyl (C=O) groups is 1. The predicted molar refractivity (Wildman–Crippen MR) is 113 cm³/mol. The van der Waals surface area contributed by atoms with Crippen molar-refractivity contribution in [3.63, 3.8) is 0 Å². The Kier molecular flexibility index (Phi) is 5.67. The van der Waals surface area contributed by atoms with Crippen LogP contribution in [0.2, 0.25) is 0 Å². The minimum Gasteiger partial charge on any atom is -0.147 e. The number of carbonyl (C=O) groups excluding carboxylic acids is 1. The van der Waals surface area contributed by atoms with Crippen molar-refractivity contribution in [2.24, 2.45) is 0 Å². The van der Waals surface area contributed by atoms with Gasteiger partial charge in [-0.05, 0) is 0 Å². The Hall–Kier alpha value is -2.15.